The summed E-state index contributed by atoms with van der Waals surface area (Å²) in [6.45, 7) is 5.63. The van der Waals surface area contributed by atoms with E-state index in [9.17, 15) is 4.79 Å². The van der Waals surface area contributed by atoms with Crippen LogP contribution in [0.2, 0.25) is 0 Å². The molecule has 0 atom stereocenters. The molecule has 0 saturated carbocycles. The molecule has 1 amide bonds. The van der Waals surface area contributed by atoms with Crippen LogP contribution in [0.25, 0.3) is 10.2 Å². The van der Waals surface area contributed by atoms with Crippen LogP contribution in [-0.4, -0.2) is 58.5 Å². The molecule has 1 aromatic carbocycles. The molecule has 2 aromatic heterocycles. The van der Waals surface area contributed by atoms with E-state index in [1.54, 1.807) is 23.7 Å². The molecule has 0 spiro atoms. The van der Waals surface area contributed by atoms with Crippen molar-refractivity contribution in [3.63, 3.8) is 0 Å². The molecule has 3 aromatic rings. The zero-order valence-corrected chi connectivity index (χ0v) is 15.4. The highest BCUT2D eigenvalue weighted by molar-refractivity contribution is 7.22. The van der Waals surface area contributed by atoms with E-state index in [0.29, 0.717) is 24.6 Å². The molecule has 0 bridgehead atoms. The lowest BCUT2D eigenvalue weighted by atomic mass is 10.2. The van der Waals surface area contributed by atoms with Gasteiger partial charge in [-0.05, 0) is 19.1 Å². The maximum absolute atomic E-state index is 12.6. The molecule has 0 unspecified atom stereocenters. The molecular weight excluding hydrogens is 348 g/mol. The Bertz CT molecular complexity index is 868. The van der Waals surface area contributed by atoms with Crippen molar-refractivity contribution < 1.29 is 4.79 Å². The van der Waals surface area contributed by atoms with Gasteiger partial charge in [0.2, 0.25) is 5.95 Å². The summed E-state index contributed by atoms with van der Waals surface area (Å²) in [5, 5.41) is 4.05. The number of hydrogen-bond acceptors (Lipinski definition) is 7. The van der Waals surface area contributed by atoms with Crippen molar-refractivity contribution >= 4 is 38.5 Å². The predicted octanol–water partition coefficient (Wildman–Crippen LogP) is 2.48. The molecule has 0 radical (unpaired) electrons. The van der Waals surface area contributed by atoms with Gasteiger partial charge in [-0.2, -0.15) is 0 Å². The summed E-state index contributed by atoms with van der Waals surface area (Å²) in [4.78, 5) is 29.8. The second-order valence-electron chi connectivity index (χ2n) is 6.07. The minimum Gasteiger partial charge on any atom is -0.355 e. The average Bonchev–Trinajstić information content (AvgIpc) is 3.13. The van der Waals surface area contributed by atoms with Crippen LogP contribution in [0, 0.1) is 0 Å². The topological polar surface area (TPSA) is 74.2 Å². The van der Waals surface area contributed by atoms with E-state index in [1.807, 2.05) is 30.0 Å². The molecule has 3 heterocycles. The normalized spacial score (nSPS) is 14.7. The molecule has 1 fully saturated rings. The Morgan fingerprint density at radius 1 is 1.15 bits per heavy atom. The SMILES string of the molecule is CCNc1ncc(C(=O)N2CCN(c3nc4ccccc4s3)CC2)cn1. The summed E-state index contributed by atoms with van der Waals surface area (Å²) in [6, 6.07) is 8.16. The van der Waals surface area contributed by atoms with Crippen LogP contribution in [-0.2, 0) is 0 Å². The summed E-state index contributed by atoms with van der Waals surface area (Å²) < 4.78 is 1.19. The molecule has 4 rings (SSSR count). The van der Waals surface area contributed by atoms with Crippen molar-refractivity contribution in [3.05, 3.63) is 42.2 Å². The summed E-state index contributed by atoms with van der Waals surface area (Å²) >= 11 is 1.70. The quantitative estimate of drug-likeness (QED) is 0.763. The van der Waals surface area contributed by atoms with E-state index in [4.69, 9.17) is 4.98 Å². The Labute approximate surface area is 155 Å². The molecule has 1 aliphatic rings. The standard InChI is InChI=1S/C18H20N6OS/c1-2-19-17-20-11-13(12-21-17)16(25)23-7-9-24(10-8-23)18-22-14-5-3-4-6-15(14)26-18/h3-6,11-12H,2,7-10H2,1H3,(H,19,20,21). The van der Waals surface area contributed by atoms with Gasteiger partial charge in [0.15, 0.2) is 5.13 Å². The monoisotopic (exact) mass is 368 g/mol. The van der Waals surface area contributed by atoms with Crippen molar-refractivity contribution in [2.75, 3.05) is 42.9 Å². The molecular formula is C18H20N6OS. The van der Waals surface area contributed by atoms with E-state index in [0.717, 1.165) is 30.3 Å². The van der Waals surface area contributed by atoms with Gasteiger partial charge in [0.1, 0.15) is 0 Å². The van der Waals surface area contributed by atoms with Crippen molar-refractivity contribution in [1.82, 2.24) is 19.9 Å². The number of hydrogen-bond donors (Lipinski definition) is 1. The van der Waals surface area contributed by atoms with Gasteiger partial charge in [-0.25, -0.2) is 15.0 Å². The average molecular weight is 368 g/mol. The summed E-state index contributed by atoms with van der Waals surface area (Å²) in [5.74, 6) is 0.529. The van der Waals surface area contributed by atoms with Crippen LogP contribution in [0.5, 0.6) is 0 Å². The van der Waals surface area contributed by atoms with Gasteiger partial charge in [-0.15, -0.1) is 0 Å². The Morgan fingerprint density at radius 3 is 2.58 bits per heavy atom. The van der Waals surface area contributed by atoms with Gasteiger partial charge in [-0.1, -0.05) is 23.5 Å². The number of para-hydroxylation sites is 1. The lowest BCUT2D eigenvalue weighted by Gasteiger charge is -2.34. The Kier molecular flexibility index (Phi) is 4.66. The maximum atomic E-state index is 12.6. The van der Waals surface area contributed by atoms with Crippen LogP contribution in [0.1, 0.15) is 17.3 Å². The molecule has 7 nitrogen and oxygen atoms in total. The number of fused-ring (bicyclic) bond motifs is 1. The second-order valence-corrected chi connectivity index (χ2v) is 7.08. The zero-order valence-electron chi connectivity index (χ0n) is 14.6. The number of amides is 1. The first-order valence-electron chi connectivity index (χ1n) is 8.70. The summed E-state index contributed by atoms with van der Waals surface area (Å²) in [7, 11) is 0. The van der Waals surface area contributed by atoms with Crippen molar-refractivity contribution in [2.45, 2.75) is 6.92 Å². The highest BCUT2D eigenvalue weighted by Crippen LogP contribution is 2.29. The van der Waals surface area contributed by atoms with Gasteiger partial charge in [0.05, 0.1) is 15.8 Å². The highest BCUT2D eigenvalue weighted by Gasteiger charge is 2.24. The smallest absolute Gasteiger partial charge is 0.257 e. The fourth-order valence-corrected chi connectivity index (χ4v) is 3.98. The Hall–Kier alpha value is -2.74. The zero-order chi connectivity index (χ0) is 17.9. The van der Waals surface area contributed by atoms with Gasteiger partial charge in [0.25, 0.3) is 5.91 Å². The van der Waals surface area contributed by atoms with Gasteiger partial charge in [0, 0.05) is 45.1 Å². The maximum Gasteiger partial charge on any atom is 0.257 e. The van der Waals surface area contributed by atoms with E-state index >= 15 is 0 Å². The third-order valence-electron chi connectivity index (χ3n) is 4.35. The van der Waals surface area contributed by atoms with Crippen LogP contribution >= 0.6 is 11.3 Å². The number of rotatable bonds is 4. The molecule has 1 saturated heterocycles. The number of thiazole rings is 1. The summed E-state index contributed by atoms with van der Waals surface area (Å²) in [6.07, 6.45) is 3.18. The van der Waals surface area contributed by atoms with Crippen molar-refractivity contribution in [2.24, 2.45) is 0 Å². The largest absolute Gasteiger partial charge is 0.355 e. The van der Waals surface area contributed by atoms with Gasteiger partial charge < -0.3 is 15.1 Å². The summed E-state index contributed by atoms with van der Waals surface area (Å²) in [5.41, 5.74) is 1.56. The van der Waals surface area contributed by atoms with Crippen LogP contribution in [0.3, 0.4) is 0 Å². The van der Waals surface area contributed by atoms with Crippen LogP contribution < -0.4 is 10.2 Å². The van der Waals surface area contributed by atoms with E-state index in [-0.39, 0.29) is 5.91 Å². The lowest BCUT2D eigenvalue weighted by Crippen LogP contribution is -2.48. The van der Waals surface area contributed by atoms with E-state index < -0.39 is 0 Å². The number of anilines is 2. The predicted molar refractivity (Wildman–Crippen MR) is 104 cm³/mol. The number of piperazine rings is 1. The molecule has 0 aliphatic carbocycles. The number of carbonyl (C=O) groups excluding carboxylic acids is 1. The van der Waals surface area contributed by atoms with E-state index in [2.05, 4.69) is 26.3 Å². The molecule has 1 N–H and O–H groups in total. The fraction of sp³-hybridized carbons (Fsp3) is 0.333. The molecule has 1 aliphatic heterocycles. The molecule has 134 valence electrons. The number of nitrogens with zero attached hydrogens (tertiary/aromatic N) is 5. The number of aromatic nitrogens is 3. The fourth-order valence-electron chi connectivity index (χ4n) is 2.97. The van der Waals surface area contributed by atoms with E-state index in [1.165, 1.54) is 4.70 Å². The van der Waals surface area contributed by atoms with Crippen molar-refractivity contribution in [3.8, 4) is 0 Å². The van der Waals surface area contributed by atoms with Gasteiger partial charge >= 0.3 is 0 Å². The second kappa shape index (κ2) is 7.25. The third-order valence-corrected chi connectivity index (χ3v) is 5.45. The highest BCUT2D eigenvalue weighted by atomic mass is 32.1. The first-order valence-corrected chi connectivity index (χ1v) is 9.52. The first kappa shape index (κ1) is 16.7. The van der Waals surface area contributed by atoms with Crippen molar-refractivity contribution in [1.29, 1.82) is 0 Å². The lowest BCUT2D eigenvalue weighted by molar-refractivity contribution is 0.0746. The number of benzene rings is 1. The third kappa shape index (κ3) is 3.32. The Balaban J connectivity index is 1.40. The number of carbonyl (C=O) groups is 1. The van der Waals surface area contributed by atoms with Gasteiger partial charge in [-0.3, -0.25) is 4.79 Å². The molecule has 8 heteroatoms. The minimum atomic E-state index is -0.0167. The Morgan fingerprint density at radius 2 is 1.88 bits per heavy atom. The van der Waals surface area contributed by atoms with Crippen LogP contribution in [0.4, 0.5) is 11.1 Å². The minimum absolute atomic E-state index is 0.0167. The molecule has 26 heavy (non-hydrogen) atoms. The van der Waals surface area contributed by atoms with Crippen LogP contribution in [0.15, 0.2) is 36.7 Å². The number of nitrogens with one attached hydrogen (secondary N) is 1. The first-order chi connectivity index (χ1) is 12.7.